The quantitative estimate of drug-likeness (QED) is 0.749. The van der Waals surface area contributed by atoms with E-state index in [-0.39, 0.29) is 29.6 Å². The predicted molar refractivity (Wildman–Crippen MR) is 103 cm³/mol. The van der Waals surface area contributed by atoms with E-state index < -0.39 is 0 Å². The number of benzene rings is 1. The van der Waals surface area contributed by atoms with E-state index in [4.69, 9.17) is 0 Å². The van der Waals surface area contributed by atoms with Crippen molar-refractivity contribution in [3.05, 3.63) is 29.8 Å². The second-order valence-corrected chi connectivity index (χ2v) is 8.40. The average molecular weight is 368 g/mol. The lowest BCUT2D eigenvalue weighted by Gasteiger charge is -2.25. The molecule has 0 N–H and O–H groups in total. The van der Waals surface area contributed by atoms with Crippen molar-refractivity contribution in [1.82, 2.24) is 4.90 Å². The Kier molecular flexibility index (Phi) is 5.02. The zero-order chi connectivity index (χ0) is 19.0. The molecule has 3 amide bonds. The minimum atomic E-state index is -0.167. The largest absolute Gasteiger partial charge is 0.339 e. The predicted octanol–water partition coefficient (Wildman–Crippen LogP) is 3.63. The first kappa shape index (κ1) is 18.2. The highest BCUT2D eigenvalue weighted by atomic mass is 16.2. The molecule has 2 saturated heterocycles. The van der Waals surface area contributed by atoms with Gasteiger partial charge in [0, 0.05) is 18.7 Å². The van der Waals surface area contributed by atoms with Crippen LogP contribution in [0.4, 0.5) is 5.69 Å². The van der Waals surface area contributed by atoms with Crippen molar-refractivity contribution in [1.29, 1.82) is 0 Å². The molecule has 3 aliphatic rings. The highest BCUT2D eigenvalue weighted by molar-refractivity contribution is 6.22. The van der Waals surface area contributed by atoms with Gasteiger partial charge in [0.2, 0.25) is 11.8 Å². The van der Waals surface area contributed by atoms with Crippen molar-refractivity contribution in [2.45, 2.75) is 51.9 Å². The zero-order valence-electron chi connectivity index (χ0n) is 16.0. The van der Waals surface area contributed by atoms with E-state index >= 15 is 0 Å². The van der Waals surface area contributed by atoms with Gasteiger partial charge in [0.05, 0.1) is 17.5 Å². The third-order valence-electron chi connectivity index (χ3n) is 6.45. The molecule has 0 aromatic heterocycles. The minimum absolute atomic E-state index is 0.0463. The molecular formula is C22H28N2O3. The molecule has 1 aromatic carbocycles. The van der Waals surface area contributed by atoms with E-state index in [1.807, 2.05) is 4.90 Å². The van der Waals surface area contributed by atoms with Crippen molar-refractivity contribution in [3.8, 4) is 0 Å². The maximum Gasteiger partial charge on any atom is 0.253 e. The zero-order valence-corrected chi connectivity index (χ0v) is 16.0. The van der Waals surface area contributed by atoms with Crippen LogP contribution in [-0.4, -0.2) is 35.7 Å². The number of likely N-dealkylation sites (tertiary alicyclic amines) is 1. The molecule has 1 aromatic rings. The molecule has 1 saturated carbocycles. The van der Waals surface area contributed by atoms with Gasteiger partial charge in [0.1, 0.15) is 0 Å². The van der Waals surface area contributed by atoms with Gasteiger partial charge in [-0.1, -0.05) is 19.8 Å². The molecule has 1 aliphatic carbocycles. The van der Waals surface area contributed by atoms with Gasteiger partial charge in [0.25, 0.3) is 5.91 Å². The van der Waals surface area contributed by atoms with Crippen molar-refractivity contribution >= 4 is 23.4 Å². The van der Waals surface area contributed by atoms with Crippen LogP contribution in [0.2, 0.25) is 0 Å². The van der Waals surface area contributed by atoms with Crippen molar-refractivity contribution in [2.75, 3.05) is 18.0 Å². The summed E-state index contributed by atoms with van der Waals surface area (Å²) in [7, 11) is 0. The SMILES string of the molecule is C[C@@H]1CC[C@@H]2C(=O)N(c3ccc(C(=O)N4CCCCCC4)cc3)C(=O)[C@H]2C1. The highest BCUT2D eigenvalue weighted by Gasteiger charge is 2.49. The monoisotopic (exact) mass is 368 g/mol. The lowest BCUT2D eigenvalue weighted by atomic mass is 9.76. The van der Waals surface area contributed by atoms with E-state index in [9.17, 15) is 14.4 Å². The summed E-state index contributed by atoms with van der Waals surface area (Å²) in [4.78, 5) is 41.6. The number of hydrogen-bond acceptors (Lipinski definition) is 3. The second-order valence-electron chi connectivity index (χ2n) is 8.40. The molecule has 0 unspecified atom stereocenters. The molecule has 144 valence electrons. The summed E-state index contributed by atoms with van der Waals surface area (Å²) in [5, 5.41) is 0. The van der Waals surface area contributed by atoms with Crippen LogP contribution < -0.4 is 4.90 Å². The van der Waals surface area contributed by atoms with E-state index in [2.05, 4.69) is 6.92 Å². The van der Waals surface area contributed by atoms with E-state index in [0.29, 0.717) is 17.2 Å². The first-order valence-corrected chi connectivity index (χ1v) is 10.3. The molecule has 0 spiro atoms. The Balaban J connectivity index is 1.51. The van der Waals surface area contributed by atoms with Gasteiger partial charge in [-0.05, 0) is 62.3 Å². The fraction of sp³-hybridized carbons (Fsp3) is 0.591. The maximum absolute atomic E-state index is 12.8. The number of rotatable bonds is 2. The lowest BCUT2D eigenvalue weighted by molar-refractivity contribution is -0.122. The summed E-state index contributed by atoms with van der Waals surface area (Å²) >= 11 is 0. The van der Waals surface area contributed by atoms with Crippen LogP contribution in [0.5, 0.6) is 0 Å². The molecule has 3 fully saturated rings. The highest BCUT2D eigenvalue weighted by Crippen LogP contribution is 2.42. The summed E-state index contributed by atoms with van der Waals surface area (Å²) in [6, 6.07) is 7.02. The standard InChI is InChI=1S/C22H28N2O3/c1-15-6-11-18-19(14-15)22(27)24(21(18)26)17-9-7-16(8-10-17)20(25)23-12-4-2-3-5-13-23/h7-10,15,18-19H,2-6,11-14H2,1H3/t15-,18+,19+/m1/s1. The number of fused-ring (bicyclic) bond motifs is 1. The molecule has 3 atom stereocenters. The fourth-order valence-electron chi connectivity index (χ4n) is 4.85. The van der Waals surface area contributed by atoms with Crippen LogP contribution >= 0.6 is 0 Å². The molecular weight excluding hydrogens is 340 g/mol. The molecule has 2 heterocycles. The number of carbonyl (C=O) groups excluding carboxylic acids is 3. The van der Waals surface area contributed by atoms with Crippen LogP contribution in [0.1, 0.15) is 62.2 Å². The summed E-state index contributed by atoms with van der Waals surface area (Å²) in [5.74, 6) is 0.0833. The van der Waals surface area contributed by atoms with Gasteiger partial charge < -0.3 is 4.90 Å². The molecule has 2 aliphatic heterocycles. The normalized spacial score (nSPS) is 28.9. The lowest BCUT2D eigenvalue weighted by Crippen LogP contribution is -2.32. The Labute approximate surface area is 160 Å². The molecule has 27 heavy (non-hydrogen) atoms. The van der Waals surface area contributed by atoms with Gasteiger partial charge in [-0.3, -0.25) is 19.3 Å². The molecule has 5 nitrogen and oxygen atoms in total. The van der Waals surface area contributed by atoms with Gasteiger partial charge >= 0.3 is 0 Å². The van der Waals surface area contributed by atoms with Gasteiger partial charge in [0.15, 0.2) is 0 Å². The van der Waals surface area contributed by atoms with E-state index in [0.717, 1.165) is 45.2 Å². The maximum atomic E-state index is 12.8. The van der Waals surface area contributed by atoms with Crippen LogP contribution in [-0.2, 0) is 9.59 Å². The molecule has 5 heteroatoms. The third-order valence-corrected chi connectivity index (χ3v) is 6.45. The number of anilines is 1. The van der Waals surface area contributed by atoms with Crippen molar-refractivity contribution in [3.63, 3.8) is 0 Å². The Morgan fingerprint density at radius 2 is 1.52 bits per heavy atom. The van der Waals surface area contributed by atoms with E-state index in [1.54, 1.807) is 24.3 Å². The fourth-order valence-corrected chi connectivity index (χ4v) is 4.85. The summed E-state index contributed by atoms with van der Waals surface area (Å²) < 4.78 is 0. The topological polar surface area (TPSA) is 57.7 Å². The van der Waals surface area contributed by atoms with Crippen LogP contribution in [0, 0.1) is 17.8 Å². The number of imide groups is 1. The number of amides is 3. The molecule has 0 bridgehead atoms. The van der Waals surface area contributed by atoms with Crippen LogP contribution in [0.25, 0.3) is 0 Å². The second kappa shape index (κ2) is 7.45. The molecule has 4 rings (SSSR count). The minimum Gasteiger partial charge on any atom is -0.339 e. The van der Waals surface area contributed by atoms with Gasteiger partial charge in [-0.25, -0.2) is 0 Å². The molecule has 0 radical (unpaired) electrons. The van der Waals surface area contributed by atoms with Crippen molar-refractivity contribution in [2.24, 2.45) is 17.8 Å². The summed E-state index contributed by atoms with van der Waals surface area (Å²) in [6.45, 7) is 3.77. The Bertz CT molecular complexity index is 734. The third kappa shape index (κ3) is 3.40. The van der Waals surface area contributed by atoms with Gasteiger partial charge in [-0.2, -0.15) is 0 Å². The smallest absolute Gasteiger partial charge is 0.253 e. The Morgan fingerprint density at radius 1 is 0.889 bits per heavy atom. The van der Waals surface area contributed by atoms with Crippen molar-refractivity contribution < 1.29 is 14.4 Å². The number of carbonyl (C=O) groups is 3. The number of nitrogens with zero attached hydrogens (tertiary/aromatic N) is 2. The summed E-state index contributed by atoms with van der Waals surface area (Å²) in [6.07, 6.45) is 7.10. The Hall–Kier alpha value is -2.17. The first-order valence-electron chi connectivity index (χ1n) is 10.3. The number of hydrogen-bond donors (Lipinski definition) is 0. The van der Waals surface area contributed by atoms with Crippen LogP contribution in [0.3, 0.4) is 0 Å². The summed E-state index contributed by atoms with van der Waals surface area (Å²) in [5.41, 5.74) is 1.23. The van der Waals surface area contributed by atoms with E-state index in [1.165, 1.54) is 17.7 Å². The first-order chi connectivity index (χ1) is 13.1. The Morgan fingerprint density at radius 3 is 2.19 bits per heavy atom. The van der Waals surface area contributed by atoms with Gasteiger partial charge in [-0.15, -0.1) is 0 Å². The van der Waals surface area contributed by atoms with Crippen LogP contribution in [0.15, 0.2) is 24.3 Å². The average Bonchev–Trinajstić information content (AvgIpc) is 2.87.